The molecule has 6 nitrogen and oxygen atoms in total. The number of hydrogen-bond donors (Lipinski definition) is 1. The average Bonchev–Trinajstić information content (AvgIpc) is 3.03. The molecule has 0 spiro atoms. The summed E-state index contributed by atoms with van der Waals surface area (Å²) in [6, 6.07) is 8.58. The topological polar surface area (TPSA) is 71.8 Å². The number of nitrogens with zero attached hydrogens (tertiary/aromatic N) is 1. The Bertz CT molecular complexity index is 709. The Hall–Kier alpha value is -2.76. The molecule has 1 aromatic heterocycles. The van der Waals surface area contributed by atoms with Crippen LogP contribution in [-0.2, 0) is 11.3 Å². The number of carbonyl (C=O) groups is 2. The summed E-state index contributed by atoms with van der Waals surface area (Å²) in [6.45, 7) is 2.00. The Morgan fingerprint density at radius 1 is 1.36 bits per heavy atom. The largest absolute Gasteiger partial charge is 0.479 e. The van der Waals surface area contributed by atoms with E-state index in [4.69, 9.17) is 9.15 Å². The number of nitrogens with one attached hydrogen (secondary N) is 1. The highest BCUT2D eigenvalue weighted by Gasteiger charge is 2.29. The fourth-order valence-electron chi connectivity index (χ4n) is 2.34. The van der Waals surface area contributed by atoms with Crippen molar-refractivity contribution in [2.45, 2.75) is 19.6 Å². The van der Waals surface area contributed by atoms with E-state index < -0.39 is 6.10 Å². The van der Waals surface area contributed by atoms with Crippen LogP contribution in [0.2, 0.25) is 0 Å². The standard InChI is InChI=1S/C16H16N2O4/c1-10-16(20)18(2)13-6-5-11(8-14(13)22-10)15(19)17-9-12-4-3-7-21-12/h3-8,10H,9H2,1-2H3,(H,17,19). The third-order valence-corrected chi connectivity index (χ3v) is 3.57. The molecule has 1 atom stereocenters. The van der Waals surface area contributed by atoms with Crippen molar-refractivity contribution in [1.82, 2.24) is 5.32 Å². The van der Waals surface area contributed by atoms with Crippen LogP contribution in [0.5, 0.6) is 5.75 Å². The third-order valence-electron chi connectivity index (χ3n) is 3.57. The Kier molecular flexibility index (Phi) is 3.58. The highest BCUT2D eigenvalue weighted by atomic mass is 16.5. The lowest BCUT2D eigenvalue weighted by atomic mass is 10.1. The number of fused-ring (bicyclic) bond motifs is 1. The normalized spacial score (nSPS) is 16.9. The molecule has 2 aromatic rings. The van der Waals surface area contributed by atoms with Crippen molar-refractivity contribution in [2.75, 3.05) is 11.9 Å². The minimum Gasteiger partial charge on any atom is -0.479 e. The number of anilines is 1. The quantitative estimate of drug-likeness (QED) is 0.940. The van der Waals surface area contributed by atoms with Gasteiger partial charge in [0.05, 0.1) is 18.5 Å². The van der Waals surface area contributed by atoms with E-state index in [1.807, 2.05) is 0 Å². The number of ether oxygens (including phenoxy) is 1. The molecule has 1 aromatic carbocycles. The molecule has 0 fully saturated rings. The van der Waals surface area contributed by atoms with Crippen LogP contribution in [0.3, 0.4) is 0 Å². The number of hydrogen-bond acceptors (Lipinski definition) is 4. The predicted molar refractivity (Wildman–Crippen MR) is 79.8 cm³/mol. The van der Waals surface area contributed by atoms with Crippen LogP contribution in [0, 0.1) is 0 Å². The fourth-order valence-corrected chi connectivity index (χ4v) is 2.34. The molecule has 2 heterocycles. The lowest BCUT2D eigenvalue weighted by Crippen LogP contribution is -2.42. The lowest BCUT2D eigenvalue weighted by molar-refractivity contribution is -0.125. The molecular weight excluding hydrogens is 284 g/mol. The molecule has 2 amide bonds. The Labute approximate surface area is 127 Å². The fraction of sp³-hybridized carbons (Fsp3) is 0.250. The van der Waals surface area contributed by atoms with Crippen LogP contribution >= 0.6 is 0 Å². The van der Waals surface area contributed by atoms with Gasteiger partial charge < -0.3 is 19.4 Å². The second kappa shape index (κ2) is 5.55. The van der Waals surface area contributed by atoms with Gasteiger partial charge in [0.2, 0.25) is 0 Å². The van der Waals surface area contributed by atoms with Gasteiger partial charge in [0, 0.05) is 12.6 Å². The number of benzene rings is 1. The summed E-state index contributed by atoms with van der Waals surface area (Å²) in [4.78, 5) is 25.6. The van der Waals surface area contributed by atoms with E-state index in [0.29, 0.717) is 29.3 Å². The van der Waals surface area contributed by atoms with Crippen molar-refractivity contribution in [2.24, 2.45) is 0 Å². The minimum absolute atomic E-state index is 0.109. The van der Waals surface area contributed by atoms with E-state index in [-0.39, 0.29) is 11.8 Å². The first kappa shape index (κ1) is 14.2. The van der Waals surface area contributed by atoms with Crippen LogP contribution in [0.4, 0.5) is 5.69 Å². The first-order valence-corrected chi connectivity index (χ1v) is 6.95. The molecule has 1 N–H and O–H groups in total. The van der Waals surface area contributed by atoms with Crippen LogP contribution in [-0.4, -0.2) is 25.0 Å². The number of amides is 2. The van der Waals surface area contributed by atoms with Gasteiger partial charge >= 0.3 is 0 Å². The second-order valence-electron chi connectivity index (χ2n) is 5.10. The molecule has 0 bridgehead atoms. The predicted octanol–water partition coefficient (Wildman–Crippen LogP) is 1.95. The molecule has 0 radical (unpaired) electrons. The zero-order valence-corrected chi connectivity index (χ0v) is 12.3. The molecular formula is C16H16N2O4. The van der Waals surface area contributed by atoms with E-state index >= 15 is 0 Å². The zero-order chi connectivity index (χ0) is 15.7. The lowest BCUT2D eigenvalue weighted by Gasteiger charge is -2.30. The summed E-state index contributed by atoms with van der Waals surface area (Å²) in [6.07, 6.45) is 1.00. The van der Waals surface area contributed by atoms with Gasteiger partial charge in [0.15, 0.2) is 6.10 Å². The summed E-state index contributed by atoms with van der Waals surface area (Å²) in [7, 11) is 1.69. The monoisotopic (exact) mass is 300 g/mol. The van der Waals surface area contributed by atoms with Gasteiger partial charge in [-0.2, -0.15) is 0 Å². The van der Waals surface area contributed by atoms with Gasteiger partial charge in [-0.15, -0.1) is 0 Å². The summed E-state index contributed by atoms with van der Waals surface area (Å²) in [5.41, 5.74) is 1.13. The Morgan fingerprint density at radius 2 is 2.18 bits per heavy atom. The van der Waals surface area contributed by atoms with Crippen LogP contribution in [0.15, 0.2) is 41.0 Å². The number of carbonyl (C=O) groups excluding carboxylic acids is 2. The van der Waals surface area contributed by atoms with Crippen molar-refractivity contribution in [3.63, 3.8) is 0 Å². The Morgan fingerprint density at radius 3 is 2.91 bits per heavy atom. The van der Waals surface area contributed by atoms with Gasteiger partial charge in [-0.1, -0.05) is 0 Å². The van der Waals surface area contributed by atoms with E-state index in [9.17, 15) is 9.59 Å². The molecule has 22 heavy (non-hydrogen) atoms. The van der Waals surface area contributed by atoms with Gasteiger partial charge in [-0.3, -0.25) is 9.59 Å². The number of likely N-dealkylation sites (N-methyl/N-ethyl adjacent to an activating group) is 1. The summed E-state index contributed by atoms with van der Waals surface area (Å²) < 4.78 is 10.7. The van der Waals surface area contributed by atoms with Crippen molar-refractivity contribution < 1.29 is 18.7 Å². The van der Waals surface area contributed by atoms with Gasteiger partial charge in [0.1, 0.15) is 11.5 Å². The highest BCUT2D eigenvalue weighted by molar-refractivity contribution is 6.01. The average molecular weight is 300 g/mol. The summed E-state index contributed by atoms with van der Waals surface area (Å²) in [5, 5.41) is 2.77. The van der Waals surface area contributed by atoms with E-state index in [1.165, 1.54) is 4.90 Å². The molecule has 0 aliphatic carbocycles. The number of rotatable bonds is 3. The van der Waals surface area contributed by atoms with Crippen LogP contribution < -0.4 is 15.0 Å². The first-order valence-electron chi connectivity index (χ1n) is 6.95. The van der Waals surface area contributed by atoms with E-state index in [2.05, 4.69) is 5.32 Å². The summed E-state index contributed by atoms with van der Waals surface area (Å²) >= 11 is 0. The van der Waals surface area contributed by atoms with E-state index in [1.54, 1.807) is 50.6 Å². The maximum Gasteiger partial charge on any atom is 0.267 e. The van der Waals surface area contributed by atoms with Crippen molar-refractivity contribution in [3.05, 3.63) is 47.9 Å². The van der Waals surface area contributed by atoms with Gasteiger partial charge in [-0.05, 0) is 37.3 Å². The molecule has 1 aliphatic rings. The van der Waals surface area contributed by atoms with Crippen molar-refractivity contribution in [1.29, 1.82) is 0 Å². The summed E-state index contributed by atoms with van der Waals surface area (Å²) in [5.74, 6) is 0.874. The maximum atomic E-state index is 12.2. The maximum absolute atomic E-state index is 12.2. The second-order valence-corrected chi connectivity index (χ2v) is 5.10. The smallest absolute Gasteiger partial charge is 0.267 e. The van der Waals surface area contributed by atoms with Crippen molar-refractivity contribution in [3.8, 4) is 5.75 Å². The Balaban J connectivity index is 1.77. The third kappa shape index (κ3) is 2.55. The molecule has 1 aliphatic heterocycles. The molecule has 114 valence electrons. The highest BCUT2D eigenvalue weighted by Crippen LogP contribution is 2.33. The first-order chi connectivity index (χ1) is 10.6. The van der Waals surface area contributed by atoms with Crippen LogP contribution in [0.25, 0.3) is 0 Å². The zero-order valence-electron chi connectivity index (χ0n) is 12.3. The van der Waals surface area contributed by atoms with Crippen molar-refractivity contribution >= 4 is 17.5 Å². The molecule has 0 saturated heterocycles. The van der Waals surface area contributed by atoms with Crippen LogP contribution in [0.1, 0.15) is 23.0 Å². The molecule has 1 unspecified atom stereocenters. The van der Waals surface area contributed by atoms with Gasteiger partial charge in [-0.25, -0.2) is 0 Å². The van der Waals surface area contributed by atoms with E-state index in [0.717, 1.165) is 0 Å². The molecule has 3 rings (SSSR count). The number of furan rings is 1. The molecule has 6 heteroatoms. The van der Waals surface area contributed by atoms with Gasteiger partial charge in [0.25, 0.3) is 11.8 Å². The molecule has 0 saturated carbocycles. The SMILES string of the molecule is CC1Oc2cc(C(=O)NCc3ccco3)ccc2N(C)C1=O. The minimum atomic E-state index is -0.557.